The second kappa shape index (κ2) is 8.27. The average molecular weight is 305 g/mol. The minimum Gasteiger partial charge on any atom is -0.491 e. The van der Waals surface area contributed by atoms with Gasteiger partial charge >= 0.3 is 0 Å². The zero-order chi connectivity index (χ0) is 15.1. The molecule has 0 aliphatic heterocycles. The van der Waals surface area contributed by atoms with Gasteiger partial charge in [0, 0.05) is 18.8 Å². The Balaban J connectivity index is 1.83. The summed E-state index contributed by atoms with van der Waals surface area (Å²) in [5, 5.41) is 12.4. The summed E-state index contributed by atoms with van der Waals surface area (Å²) in [6.07, 6.45) is 1.62. The fraction of sp³-hybridized carbons (Fsp3) is 0.412. The van der Waals surface area contributed by atoms with Gasteiger partial charge in [-0.2, -0.15) is 11.8 Å². The van der Waals surface area contributed by atoms with Crippen molar-refractivity contribution in [2.24, 2.45) is 0 Å². The predicted molar refractivity (Wildman–Crippen MR) is 91.3 cm³/mol. The van der Waals surface area contributed by atoms with E-state index in [1.54, 1.807) is 0 Å². The van der Waals surface area contributed by atoms with Gasteiger partial charge < -0.3 is 14.7 Å². The van der Waals surface area contributed by atoms with Crippen molar-refractivity contribution in [2.75, 3.05) is 38.8 Å². The van der Waals surface area contributed by atoms with Gasteiger partial charge in [-0.15, -0.1) is 0 Å². The monoisotopic (exact) mass is 305 g/mol. The molecule has 0 fully saturated rings. The van der Waals surface area contributed by atoms with Gasteiger partial charge in [0.1, 0.15) is 18.5 Å². The van der Waals surface area contributed by atoms with Crippen LogP contribution in [0.15, 0.2) is 42.5 Å². The first-order chi connectivity index (χ1) is 10.2. The van der Waals surface area contributed by atoms with Crippen LogP contribution in [0.1, 0.15) is 0 Å². The standard InChI is InChI=1S/C17H23NO2S/c1-18(9-10-21-2)12-16(19)13-20-17-8-7-14-5-3-4-6-15(14)11-17/h3-8,11,16,19H,9-10,12-13H2,1-2H3. The lowest BCUT2D eigenvalue weighted by Crippen LogP contribution is -2.34. The van der Waals surface area contributed by atoms with E-state index in [0.29, 0.717) is 13.2 Å². The highest BCUT2D eigenvalue weighted by Gasteiger charge is 2.09. The third kappa shape index (κ3) is 5.23. The van der Waals surface area contributed by atoms with Crippen LogP contribution in [0.2, 0.25) is 0 Å². The topological polar surface area (TPSA) is 32.7 Å². The van der Waals surface area contributed by atoms with Crippen LogP contribution in [-0.2, 0) is 0 Å². The van der Waals surface area contributed by atoms with Crippen LogP contribution in [0.25, 0.3) is 10.8 Å². The van der Waals surface area contributed by atoms with Crippen molar-refractivity contribution < 1.29 is 9.84 Å². The first-order valence-corrected chi connectivity index (χ1v) is 8.55. The normalized spacial score (nSPS) is 12.8. The third-order valence-corrected chi connectivity index (χ3v) is 3.95. The zero-order valence-corrected chi connectivity index (χ0v) is 13.5. The van der Waals surface area contributed by atoms with E-state index in [-0.39, 0.29) is 0 Å². The van der Waals surface area contributed by atoms with Crippen LogP contribution in [0.4, 0.5) is 0 Å². The summed E-state index contributed by atoms with van der Waals surface area (Å²) in [5.74, 6) is 1.88. The van der Waals surface area contributed by atoms with Crippen molar-refractivity contribution in [3.63, 3.8) is 0 Å². The molecule has 2 aromatic rings. The molecule has 2 rings (SSSR count). The third-order valence-electron chi connectivity index (χ3n) is 3.36. The molecule has 0 radical (unpaired) electrons. The Kier molecular flexibility index (Phi) is 6.36. The zero-order valence-electron chi connectivity index (χ0n) is 12.7. The van der Waals surface area contributed by atoms with Crippen LogP contribution >= 0.6 is 11.8 Å². The minimum atomic E-state index is -0.469. The molecule has 0 heterocycles. The molecule has 0 saturated heterocycles. The lowest BCUT2D eigenvalue weighted by molar-refractivity contribution is 0.0782. The van der Waals surface area contributed by atoms with Crippen LogP contribution in [0, 0.1) is 0 Å². The summed E-state index contributed by atoms with van der Waals surface area (Å²) in [4.78, 5) is 2.13. The Bertz CT molecular complexity index is 561. The van der Waals surface area contributed by atoms with Gasteiger partial charge in [-0.1, -0.05) is 30.3 Å². The number of aliphatic hydroxyl groups is 1. The van der Waals surface area contributed by atoms with Gasteiger partial charge in [0.2, 0.25) is 0 Å². The van der Waals surface area contributed by atoms with E-state index in [1.807, 2.05) is 49.1 Å². The van der Waals surface area contributed by atoms with Crippen LogP contribution in [0.3, 0.4) is 0 Å². The molecule has 0 amide bonds. The second-order valence-corrected chi connectivity index (χ2v) is 6.21. The Labute approximate surface area is 130 Å². The fourth-order valence-electron chi connectivity index (χ4n) is 2.20. The lowest BCUT2D eigenvalue weighted by atomic mass is 10.1. The molecular formula is C17H23NO2S. The fourth-order valence-corrected chi connectivity index (χ4v) is 2.69. The Morgan fingerprint density at radius 2 is 1.95 bits per heavy atom. The maximum Gasteiger partial charge on any atom is 0.120 e. The summed E-state index contributed by atoms with van der Waals surface area (Å²) < 4.78 is 5.70. The summed E-state index contributed by atoms with van der Waals surface area (Å²) in [6, 6.07) is 14.2. The number of likely N-dealkylation sites (N-methyl/N-ethyl adjacent to an activating group) is 1. The molecule has 1 N–H and O–H groups in total. The van der Waals surface area contributed by atoms with Crippen molar-refractivity contribution in [1.82, 2.24) is 4.90 Å². The predicted octanol–water partition coefficient (Wildman–Crippen LogP) is 2.87. The number of hydrogen-bond donors (Lipinski definition) is 1. The van der Waals surface area contributed by atoms with Crippen LogP contribution in [-0.4, -0.2) is 54.9 Å². The van der Waals surface area contributed by atoms with E-state index in [4.69, 9.17) is 4.74 Å². The number of benzene rings is 2. The smallest absolute Gasteiger partial charge is 0.120 e. The summed E-state index contributed by atoms with van der Waals surface area (Å²) in [6.45, 7) is 1.93. The number of ether oxygens (including phenoxy) is 1. The molecule has 3 nitrogen and oxygen atoms in total. The van der Waals surface area contributed by atoms with Gasteiger partial charge in [-0.25, -0.2) is 0 Å². The van der Waals surface area contributed by atoms with E-state index in [2.05, 4.69) is 23.3 Å². The first-order valence-electron chi connectivity index (χ1n) is 7.16. The van der Waals surface area contributed by atoms with Crippen LogP contribution in [0.5, 0.6) is 5.75 Å². The maximum absolute atomic E-state index is 10.0. The van der Waals surface area contributed by atoms with Crippen molar-refractivity contribution in [1.29, 1.82) is 0 Å². The number of rotatable bonds is 8. The molecule has 1 unspecified atom stereocenters. The van der Waals surface area contributed by atoms with E-state index >= 15 is 0 Å². The highest BCUT2D eigenvalue weighted by molar-refractivity contribution is 7.98. The van der Waals surface area contributed by atoms with E-state index in [0.717, 1.165) is 23.4 Å². The van der Waals surface area contributed by atoms with Crippen molar-refractivity contribution in [3.05, 3.63) is 42.5 Å². The largest absolute Gasteiger partial charge is 0.491 e. The molecule has 0 aromatic heterocycles. The molecule has 0 bridgehead atoms. The molecule has 0 spiro atoms. The quantitative estimate of drug-likeness (QED) is 0.813. The summed E-state index contributed by atoms with van der Waals surface area (Å²) in [5.41, 5.74) is 0. The van der Waals surface area contributed by atoms with Gasteiger partial charge in [-0.3, -0.25) is 0 Å². The van der Waals surface area contributed by atoms with Gasteiger partial charge in [0.25, 0.3) is 0 Å². The molecule has 0 aliphatic rings. The summed E-state index contributed by atoms with van der Waals surface area (Å²) >= 11 is 1.81. The van der Waals surface area contributed by atoms with Crippen LogP contribution < -0.4 is 4.74 Å². The number of thioether (sulfide) groups is 1. The molecule has 21 heavy (non-hydrogen) atoms. The van der Waals surface area contributed by atoms with Crippen molar-refractivity contribution in [2.45, 2.75) is 6.10 Å². The van der Waals surface area contributed by atoms with E-state index in [1.165, 1.54) is 5.39 Å². The Hall–Kier alpha value is -1.23. The van der Waals surface area contributed by atoms with Gasteiger partial charge in [0.05, 0.1) is 0 Å². The van der Waals surface area contributed by atoms with E-state index < -0.39 is 6.10 Å². The average Bonchev–Trinajstić information content (AvgIpc) is 2.50. The van der Waals surface area contributed by atoms with Crippen molar-refractivity contribution >= 4 is 22.5 Å². The lowest BCUT2D eigenvalue weighted by Gasteiger charge is -2.20. The number of fused-ring (bicyclic) bond motifs is 1. The van der Waals surface area contributed by atoms with Crippen molar-refractivity contribution in [3.8, 4) is 5.75 Å². The molecule has 1 atom stereocenters. The van der Waals surface area contributed by atoms with E-state index in [9.17, 15) is 5.11 Å². The molecule has 0 saturated carbocycles. The number of hydrogen-bond acceptors (Lipinski definition) is 4. The SMILES string of the molecule is CSCCN(C)CC(O)COc1ccc2ccccc2c1. The molecule has 0 aliphatic carbocycles. The van der Waals surface area contributed by atoms with Gasteiger partial charge in [-0.05, 0) is 36.2 Å². The van der Waals surface area contributed by atoms with Gasteiger partial charge in [0.15, 0.2) is 0 Å². The number of nitrogens with zero attached hydrogens (tertiary/aromatic N) is 1. The number of aliphatic hydroxyl groups excluding tert-OH is 1. The highest BCUT2D eigenvalue weighted by Crippen LogP contribution is 2.20. The Morgan fingerprint density at radius 3 is 2.71 bits per heavy atom. The minimum absolute atomic E-state index is 0.321. The molecule has 4 heteroatoms. The highest BCUT2D eigenvalue weighted by atomic mass is 32.2. The second-order valence-electron chi connectivity index (χ2n) is 5.23. The summed E-state index contributed by atoms with van der Waals surface area (Å²) in [7, 11) is 2.02. The Morgan fingerprint density at radius 1 is 1.19 bits per heavy atom. The first kappa shape index (κ1) is 16.1. The molecule has 114 valence electrons. The molecule has 2 aromatic carbocycles. The maximum atomic E-state index is 10.0. The molecular weight excluding hydrogens is 282 g/mol.